The second-order valence-electron chi connectivity index (χ2n) is 5.87. The van der Waals surface area contributed by atoms with Gasteiger partial charge in [-0.05, 0) is 24.6 Å². The van der Waals surface area contributed by atoms with Crippen LogP contribution in [-0.4, -0.2) is 22.8 Å². The van der Waals surface area contributed by atoms with Gasteiger partial charge in [0, 0.05) is 24.5 Å². The number of aromatic nitrogens is 1. The number of carbonyl (C=O) groups is 1. The molecule has 0 saturated carbocycles. The number of benzene rings is 2. The van der Waals surface area contributed by atoms with Crippen molar-refractivity contribution in [3.63, 3.8) is 0 Å². The Morgan fingerprint density at radius 3 is 2.48 bits per heavy atom. The number of rotatable bonds is 4. The van der Waals surface area contributed by atoms with E-state index in [-0.39, 0.29) is 5.91 Å². The largest absolute Gasteiger partial charge is 0.336 e. The van der Waals surface area contributed by atoms with Crippen LogP contribution in [0.25, 0.3) is 10.6 Å². The third kappa shape index (κ3) is 3.93. The normalized spacial score (nSPS) is 10.3. The van der Waals surface area contributed by atoms with E-state index in [1.165, 1.54) is 16.9 Å². The number of nitrogens with zero attached hydrogens (tertiary/aromatic N) is 3. The molecule has 124 valence electrons. The van der Waals surface area contributed by atoms with Crippen LogP contribution in [0.5, 0.6) is 0 Å². The molecule has 0 aliphatic heterocycles. The topological polar surface area (TPSA) is 57.0 Å². The van der Waals surface area contributed by atoms with Gasteiger partial charge >= 0.3 is 0 Å². The molecule has 0 radical (unpaired) electrons. The summed E-state index contributed by atoms with van der Waals surface area (Å²) in [6.45, 7) is 2.51. The molecule has 0 N–H and O–H groups in total. The lowest BCUT2D eigenvalue weighted by Crippen LogP contribution is -2.26. The van der Waals surface area contributed by atoms with Crippen LogP contribution in [0.4, 0.5) is 0 Å². The first-order valence-corrected chi connectivity index (χ1v) is 8.72. The van der Waals surface area contributed by atoms with Gasteiger partial charge in [0.05, 0.1) is 11.6 Å². The average Bonchev–Trinajstić information content (AvgIpc) is 3.12. The Morgan fingerprint density at radius 1 is 1.16 bits per heavy atom. The fourth-order valence-electron chi connectivity index (χ4n) is 2.43. The molecule has 0 saturated heterocycles. The molecule has 1 heterocycles. The summed E-state index contributed by atoms with van der Waals surface area (Å²) < 4.78 is 0. The van der Waals surface area contributed by atoms with Crippen molar-refractivity contribution < 1.29 is 4.79 Å². The highest BCUT2D eigenvalue weighted by Crippen LogP contribution is 2.24. The van der Waals surface area contributed by atoms with Crippen LogP contribution >= 0.6 is 11.3 Å². The second kappa shape index (κ2) is 7.29. The SMILES string of the molecule is Cc1ccc(-c2nc(C(=O)N(C)Cc3ccc(C#N)cc3)cs2)cc1. The van der Waals surface area contributed by atoms with Gasteiger partial charge in [-0.1, -0.05) is 42.0 Å². The van der Waals surface area contributed by atoms with Crippen molar-refractivity contribution in [3.8, 4) is 16.6 Å². The standard InChI is InChI=1S/C20H17N3OS/c1-14-3-9-17(10-4-14)19-22-18(13-25-19)20(24)23(2)12-16-7-5-15(11-21)6-8-16/h3-10,13H,12H2,1-2H3. The number of carbonyl (C=O) groups excluding carboxylic acids is 1. The van der Waals surface area contributed by atoms with Crippen molar-refractivity contribution in [2.75, 3.05) is 7.05 Å². The minimum absolute atomic E-state index is 0.112. The van der Waals surface area contributed by atoms with Crippen LogP contribution in [0.3, 0.4) is 0 Å². The van der Waals surface area contributed by atoms with Crippen LogP contribution < -0.4 is 0 Å². The van der Waals surface area contributed by atoms with E-state index in [0.717, 1.165) is 16.1 Å². The van der Waals surface area contributed by atoms with Crippen LogP contribution in [0.1, 0.15) is 27.2 Å². The van der Waals surface area contributed by atoms with Crippen LogP contribution in [0.2, 0.25) is 0 Å². The fraction of sp³-hybridized carbons (Fsp3) is 0.150. The predicted octanol–water partition coefficient (Wildman–Crippen LogP) is 4.26. The zero-order chi connectivity index (χ0) is 17.8. The first-order valence-electron chi connectivity index (χ1n) is 7.84. The Balaban J connectivity index is 1.72. The number of amides is 1. The van der Waals surface area contributed by atoms with Gasteiger partial charge in [0.15, 0.2) is 0 Å². The molecule has 0 unspecified atom stereocenters. The third-order valence-corrected chi connectivity index (χ3v) is 4.76. The Labute approximate surface area is 151 Å². The van der Waals surface area contributed by atoms with Gasteiger partial charge < -0.3 is 4.90 Å². The fourth-order valence-corrected chi connectivity index (χ4v) is 3.23. The number of nitriles is 1. The first kappa shape index (κ1) is 16.9. The van der Waals surface area contributed by atoms with Crippen LogP contribution in [-0.2, 0) is 6.54 Å². The molecule has 0 aliphatic rings. The zero-order valence-corrected chi connectivity index (χ0v) is 14.9. The van der Waals surface area contributed by atoms with E-state index in [9.17, 15) is 4.79 Å². The summed E-state index contributed by atoms with van der Waals surface area (Å²) >= 11 is 1.47. The van der Waals surface area contributed by atoms with E-state index in [4.69, 9.17) is 5.26 Å². The van der Waals surface area contributed by atoms with Gasteiger partial charge in [-0.25, -0.2) is 4.98 Å². The summed E-state index contributed by atoms with van der Waals surface area (Å²) in [4.78, 5) is 18.7. The average molecular weight is 347 g/mol. The van der Waals surface area contributed by atoms with Gasteiger partial charge in [-0.2, -0.15) is 5.26 Å². The summed E-state index contributed by atoms with van der Waals surface area (Å²) in [6, 6.07) is 17.4. The molecule has 3 rings (SSSR count). The van der Waals surface area contributed by atoms with Crippen LogP contribution in [0.15, 0.2) is 53.9 Å². The minimum atomic E-state index is -0.112. The predicted molar refractivity (Wildman–Crippen MR) is 99.2 cm³/mol. The maximum absolute atomic E-state index is 12.6. The highest BCUT2D eigenvalue weighted by atomic mass is 32.1. The number of hydrogen-bond acceptors (Lipinski definition) is 4. The van der Waals surface area contributed by atoms with E-state index in [2.05, 4.69) is 11.1 Å². The Bertz CT molecular complexity index is 921. The number of hydrogen-bond donors (Lipinski definition) is 0. The number of thiazole rings is 1. The molecule has 0 aliphatic carbocycles. The summed E-state index contributed by atoms with van der Waals surface area (Å²) in [6.07, 6.45) is 0. The third-order valence-electron chi connectivity index (χ3n) is 3.87. The van der Waals surface area contributed by atoms with E-state index < -0.39 is 0 Å². The lowest BCUT2D eigenvalue weighted by molar-refractivity contribution is 0.0780. The van der Waals surface area contributed by atoms with Crippen molar-refractivity contribution in [1.29, 1.82) is 5.26 Å². The maximum Gasteiger partial charge on any atom is 0.273 e. The zero-order valence-electron chi connectivity index (χ0n) is 14.1. The van der Waals surface area contributed by atoms with Crippen molar-refractivity contribution in [2.24, 2.45) is 0 Å². The maximum atomic E-state index is 12.6. The summed E-state index contributed by atoms with van der Waals surface area (Å²) in [5.41, 5.74) is 4.25. The van der Waals surface area contributed by atoms with Crippen molar-refractivity contribution in [1.82, 2.24) is 9.88 Å². The number of aryl methyl sites for hydroxylation is 1. The van der Waals surface area contributed by atoms with Crippen molar-refractivity contribution in [3.05, 3.63) is 76.3 Å². The lowest BCUT2D eigenvalue weighted by Gasteiger charge is -2.16. The van der Waals surface area contributed by atoms with Crippen LogP contribution in [0, 0.1) is 18.3 Å². The molecule has 0 spiro atoms. The highest BCUT2D eigenvalue weighted by Gasteiger charge is 2.16. The monoisotopic (exact) mass is 347 g/mol. The Morgan fingerprint density at radius 2 is 1.84 bits per heavy atom. The molecule has 25 heavy (non-hydrogen) atoms. The quantitative estimate of drug-likeness (QED) is 0.708. The molecule has 1 amide bonds. The van der Waals surface area contributed by atoms with E-state index in [1.54, 1.807) is 29.5 Å². The molecule has 2 aromatic carbocycles. The Kier molecular flexibility index (Phi) is 4.92. The van der Waals surface area contributed by atoms with E-state index in [0.29, 0.717) is 17.8 Å². The highest BCUT2D eigenvalue weighted by molar-refractivity contribution is 7.13. The first-order chi connectivity index (χ1) is 12.1. The molecule has 0 fully saturated rings. The summed E-state index contributed by atoms with van der Waals surface area (Å²) in [5, 5.41) is 11.5. The summed E-state index contributed by atoms with van der Waals surface area (Å²) in [7, 11) is 1.76. The molecule has 1 aromatic heterocycles. The van der Waals surface area contributed by atoms with E-state index >= 15 is 0 Å². The van der Waals surface area contributed by atoms with E-state index in [1.807, 2.05) is 43.3 Å². The molecule has 0 atom stereocenters. The molecule has 5 heteroatoms. The van der Waals surface area contributed by atoms with Crippen molar-refractivity contribution in [2.45, 2.75) is 13.5 Å². The minimum Gasteiger partial charge on any atom is -0.336 e. The van der Waals surface area contributed by atoms with Gasteiger partial charge in [0.2, 0.25) is 0 Å². The smallest absolute Gasteiger partial charge is 0.273 e. The molecule has 4 nitrogen and oxygen atoms in total. The van der Waals surface area contributed by atoms with Gasteiger partial charge in [-0.3, -0.25) is 4.79 Å². The molecule has 3 aromatic rings. The molecular weight excluding hydrogens is 330 g/mol. The molecule has 0 bridgehead atoms. The molecular formula is C20H17N3OS. The van der Waals surface area contributed by atoms with Gasteiger partial charge in [0.1, 0.15) is 10.7 Å². The summed E-state index contributed by atoms with van der Waals surface area (Å²) in [5.74, 6) is -0.112. The lowest BCUT2D eigenvalue weighted by atomic mass is 10.1. The van der Waals surface area contributed by atoms with Crippen molar-refractivity contribution >= 4 is 17.2 Å². The van der Waals surface area contributed by atoms with Gasteiger partial charge in [0.25, 0.3) is 5.91 Å². The second-order valence-corrected chi connectivity index (χ2v) is 6.73. The Hall–Kier alpha value is -2.97. The van der Waals surface area contributed by atoms with Gasteiger partial charge in [-0.15, -0.1) is 11.3 Å².